The minimum atomic E-state index is -0.272. The zero-order valence-corrected chi connectivity index (χ0v) is 17.1. The van der Waals surface area contributed by atoms with E-state index >= 15 is 0 Å². The monoisotopic (exact) mass is 379 g/mol. The van der Waals surface area contributed by atoms with Gasteiger partial charge in [0.05, 0.1) is 10.6 Å². The van der Waals surface area contributed by atoms with E-state index in [-0.39, 0.29) is 16.7 Å². The maximum Gasteiger partial charge on any atom is 0.263 e. The highest BCUT2D eigenvalue weighted by Crippen LogP contribution is 2.36. The zero-order chi connectivity index (χ0) is 18.3. The first-order valence-corrected chi connectivity index (χ1v) is 10.5. The molecule has 0 saturated carbocycles. The number of fused-ring (bicyclic) bond motifs is 3. The summed E-state index contributed by atoms with van der Waals surface area (Å²) in [5.41, 5.74) is 1.26. The summed E-state index contributed by atoms with van der Waals surface area (Å²) in [5, 5.41) is 1.19. The standard InChI is InChI=1S/C18H25N3O2S2/c1-6-21-17(23)14-12-8-7-10(2)9-13(12)25-15(14)19-18(21)24-11(3)16(22)20(4)5/h10-11H,6-9H2,1-5H3/t10-,11+/m0/s1. The van der Waals surface area contributed by atoms with Crippen LogP contribution in [0.2, 0.25) is 0 Å². The molecule has 5 nitrogen and oxygen atoms in total. The van der Waals surface area contributed by atoms with Gasteiger partial charge in [-0.1, -0.05) is 18.7 Å². The molecule has 136 valence electrons. The molecule has 0 N–H and O–H groups in total. The summed E-state index contributed by atoms with van der Waals surface area (Å²) in [4.78, 5) is 33.8. The summed E-state index contributed by atoms with van der Waals surface area (Å²) in [6.45, 7) is 6.65. The lowest BCUT2D eigenvalue weighted by Crippen LogP contribution is -2.31. The molecule has 1 aliphatic carbocycles. The van der Waals surface area contributed by atoms with E-state index in [0.29, 0.717) is 17.6 Å². The molecule has 2 atom stereocenters. The van der Waals surface area contributed by atoms with Crippen LogP contribution in [0, 0.1) is 5.92 Å². The van der Waals surface area contributed by atoms with Gasteiger partial charge in [-0.2, -0.15) is 0 Å². The van der Waals surface area contributed by atoms with Gasteiger partial charge < -0.3 is 4.90 Å². The minimum absolute atomic E-state index is 0.0290. The maximum atomic E-state index is 13.1. The van der Waals surface area contributed by atoms with Gasteiger partial charge in [-0.25, -0.2) is 4.98 Å². The number of hydrogen-bond acceptors (Lipinski definition) is 5. The third-order valence-corrected chi connectivity index (χ3v) is 6.99. The van der Waals surface area contributed by atoms with E-state index in [9.17, 15) is 9.59 Å². The van der Waals surface area contributed by atoms with Crippen molar-refractivity contribution >= 4 is 39.2 Å². The molecule has 7 heteroatoms. The van der Waals surface area contributed by atoms with Crippen molar-refractivity contribution in [1.82, 2.24) is 14.5 Å². The van der Waals surface area contributed by atoms with Crippen molar-refractivity contribution in [1.29, 1.82) is 0 Å². The van der Waals surface area contributed by atoms with Crippen LogP contribution in [0.3, 0.4) is 0 Å². The first kappa shape index (κ1) is 18.5. The van der Waals surface area contributed by atoms with Crippen molar-refractivity contribution in [3.63, 3.8) is 0 Å². The average Bonchev–Trinajstić information content (AvgIpc) is 2.91. The molecule has 1 amide bonds. The number of aromatic nitrogens is 2. The SMILES string of the molecule is CCn1c(S[C@H](C)C(=O)N(C)C)nc2sc3c(c2c1=O)CC[C@H](C)C3. The molecule has 0 saturated heterocycles. The highest BCUT2D eigenvalue weighted by atomic mass is 32.2. The van der Waals surface area contributed by atoms with Gasteiger partial charge in [-0.05, 0) is 44.6 Å². The molecule has 2 heterocycles. The predicted molar refractivity (Wildman–Crippen MR) is 105 cm³/mol. The Morgan fingerprint density at radius 1 is 1.48 bits per heavy atom. The maximum absolute atomic E-state index is 13.1. The number of nitrogens with zero attached hydrogens (tertiary/aromatic N) is 3. The van der Waals surface area contributed by atoms with E-state index in [4.69, 9.17) is 4.98 Å². The van der Waals surface area contributed by atoms with Crippen molar-refractivity contribution in [3.05, 3.63) is 20.8 Å². The van der Waals surface area contributed by atoms with Crippen LogP contribution in [0.5, 0.6) is 0 Å². The Labute approximate surface area is 156 Å². The fraction of sp³-hybridized carbons (Fsp3) is 0.611. The van der Waals surface area contributed by atoms with Crippen LogP contribution in [0.1, 0.15) is 37.6 Å². The fourth-order valence-corrected chi connectivity index (χ4v) is 5.89. The quantitative estimate of drug-likeness (QED) is 0.605. The first-order valence-electron chi connectivity index (χ1n) is 8.76. The number of rotatable bonds is 4. The molecule has 0 radical (unpaired) electrons. The normalized spacial score (nSPS) is 18.2. The number of thioether (sulfide) groups is 1. The molecule has 0 unspecified atom stereocenters. The van der Waals surface area contributed by atoms with E-state index in [1.54, 1.807) is 34.9 Å². The van der Waals surface area contributed by atoms with Gasteiger partial charge in [0.2, 0.25) is 5.91 Å². The van der Waals surface area contributed by atoms with Crippen LogP contribution in [0.15, 0.2) is 9.95 Å². The molecule has 2 aromatic rings. The van der Waals surface area contributed by atoms with E-state index in [1.807, 2.05) is 13.8 Å². The molecule has 0 aliphatic heterocycles. The van der Waals surface area contributed by atoms with Gasteiger partial charge in [0.1, 0.15) is 4.83 Å². The smallest absolute Gasteiger partial charge is 0.263 e. The Balaban J connectivity index is 2.08. The fourth-order valence-electron chi connectivity index (χ4n) is 3.35. The summed E-state index contributed by atoms with van der Waals surface area (Å²) < 4.78 is 1.72. The lowest BCUT2D eigenvalue weighted by atomic mass is 9.89. The van der Waals surface area contributed by atoms with E-state index < -0.39 is 0 Å². The summed E-state index contributed by atoms with van der Waals surface area (Å²) in [5.74, 6) is 0.696. The van der Waals surface area contributed by atoms with Crippen molar-refractivity contribution in [2.75, 3.05) is 14.1 Å². The van der Waals surface area contributed by atoms with E-state index in [2.05, 4.69) is 6.92 Å². The highest BCUT2D eigenvalue weighted by Gasteiger charge is 2.26. The molecule has 1 aliphatic rings. The molecular weight excluding hydrogens is 354 g/mol. The Hall–Kier alpha value is -1.34. The van der Waals surface area contributed by atoms with E-state index in [0.717, 1.165) is 29.5 Å². The predicted octanol–water partition coefficient (Wildman–Crippen LogP) is 3.17. The van der Waals surface area contributed by atoms with Crippen molar-refractivity contribution < 1.29 is 4.79 Å². The molecule has 0 fully saturated rings. The van der Waals surface area contributed by atoms with Gasteiger partial charge in [-0.3, -0.25) is 14.2 Å². The van der Waals surface area contributed by atoms with Crippen LogP contribution in [0.4, 0.5) is 0 Å². The second kappa shape index (κ2) is 7.11. The van der Waals surface area contributed by atoms with Gasteiger partial charge in [0, 0.05) is 25.5 Å². The molecule has 0 spiro atoms. The molecular formula is C18H25N3O2S2. The molecule has 2 aromatic heterocycles. The molecule has 0 bridgehead atoms. The number of aryl methyl sites for hydroxylation is 1. The van der Waals surface area contributed by atoms with Gasteiger partial charge in [-0.15, -0.1) is 11.3 Å². The lowest BCUT2D eigenvalue weighted by Gasteiger charge is -2.18. The number of carbonyl (C=O) groups is 1. The van der Waals surface area contributed by atoms with Crippen LogP contribution in [-0.2, 0) is 24.2 Å². The van der Waals surface area contributed by atoms with Gasteiger partial charge in [0.25, 0.3) is 5.56 Å². The summed E-state index contributed by atoms with van der Waals surface area (Å²) >= 11 is 3.03. The second-order valence-corrected chi connectivity index (χ2v) is 9.36. The van der Waals surface area contributed by atoms with Crippen molar-refractivity contribution in [2.45, 2.75) is 57.0 Å². The van der Waals surface area contributed by atoms with Gasteiger partial charge in [0.15, 0.2) is 5.16 Å². The van der Waals surface area contributed by atoms with Gasteiger partial charge >= 0.3 is 0 Å². The largest absolute Gasteiger partial charge is 0.348 e. The molecule has 3 rings (SSSR count). The third-order valence-electron chi connectivity index (χ3n) is 4.77. The summed E-state index contributed by atoms with van der Waals surface area (Å²) in [6.07, 6.45) is 3.15. The summed E-state index contributed by atoms with van der Waals surface area (Å²) in [7, 11) is 3.49. The molecule has 0 aromatic carbocycles. The average molecular weight is 380 g/mol. The Kier molecular flexibility index (Phi) is 5.25. The van der Waals surface area contributed by atoms with Crippen molar-refractivity contribution in [3.8, 4) is 0 Å². The van der Waals surface area contributed by atoms with Crippen LogP contribution in [0.25, 0.3) is 10.2 Å². The first-order chi connectivity index (χ1) is 11.8. The Morgan fingerprint density at radius 3 is 2.84 bits per heavy atom. The minimum Gasteiger partial charge on any atom is -0.348 e. The third kappa shape index (κ3) is 3.36. The van der Waals surface area contributed by atoms with E-state index in [1.165, 1.54) is 22.2 Å². The van der Waals surface area contributed by atoms with Crippen LogP contribution in [-0.4, -0.2) is 39.7 Å². The van der Waals surface area contributed by atoms with Crippen LogP contribution >= 0.6 is 23.1 Å². The van der Waals surface area contributed by atoms with Crippen LogP contribution < -0.4 is 5.56 Å². The molecule has 25 heavy (non-hydrogen) atoms. The number of amides is 1. The summed E-state index contributed by atoms with van der Waals surface area (Å²) in [6, 6.07) is 0. The zero-order valence-electron chi connectivity index (χ0n) is 15.5. The second-order valence-electron chi connectivity index (χ2n) is 6.97. The Morgan fingerprint density at radius 2 is 2.20 bits per heavy atom. The highest BCUT2D eigenvalue weighted by molar-refractivity contribution is 8.00. The lowest BCUT2D eigenvalue weighted by molar-refractivity contribution is -0.127. The topological polar surface area (TPSA) is 55.2 Å². The Bertz CT molecular complexity index is 869. The number of carbonyl (C=O) groups excluding carboxylic acids is 1. The van der Waals surface area contributed by atoms with Crippen molar-refractivity contribution in [2.24, 2.45) is 5.92 Å². The number of thiophene rings is 1. The number of hydrogen-bond donors (Lipinski definition) is 0.